The molecule has 0 radical (unpaired) electrons. The number of ether oxygens (including phenoxy) is 1. The van der Waals surface area contributed by atoms with Crippen LogP contribution in [0, 0.1) is 23.3 Å². The lowest BCUT2D eigenvalue weighted by Crippen LogP contribution is -1.96. The van der Waals surface area contributed by atoms with Gasteiger partial charge >= 0.3 is 0 Å². The van der Waals surface area contributed by atoms with Gasteiger partial charge in [-0.05, 0) is 53.3 Å². The van der Waals surface area contributed by atoms with Crippen molar-refractivity contribution in [1.82, 2.24) is 0 Å². The molecule has 0 amide bonds. The zero-order valence-electron chi connectivity index (χ0n) is 17.3. The minimum Gasteiger partial charge on any atom is -0.494 e. The van der Waals surface area contributed by atoms with E-state index in [-0.39, 0.29) is 16.9 Å². The van der Waals surface area contributed by atoms with Crippen molar-refractivity contribution in [2.75, 3.05) is 7.11 Å². The summed E-state index contributed by atoms with van der Waals surface area (Å²) in [6.07, 6.45) is 1.49. The first-order valence-corrected chi connectivity index (χ1v) is 10.1. The van der Waals surface area contributed by atoms with Crippen molar-refractivity contribution in [2.24, 2.45) is 0 Å². The Labute approximate surface area is 183 Å². The maximum absolute atomic E-state index is 14.3. The first-order valence-electron chi connectivity index (χ1n) is 10.1. The highest BCUT2D eigenvalue weighted by Gasteiger charge is 2.15. The molecule has 0 saturated carbocycles. The second kappa shape index (κ2) is 9.27. The third-order valence-corrected chi connectivity index (χ3v) is 5.45. The van der Waals surface area contributed by atoms with Crippen LogP contribution in [0.1, 0.15) is 11.1 Å². The van der Waals surface area contributed by atoms with E-state index < -0.39 is 23.3 Å². The molecule has 0 aliphatic carbocycles. The van der Waals surface area contributed by atoms with Gasteiger partial charge in [0.2, 0.25) is 5.82 Å². The smallest absolute Gasteiger partial charge is 0.201 e. The second-order valence-electron chi connectivity index (χ2n) is 7.44. The lowest BCUT2D eigenvalue weighted by molar-refractivity contribution is 0.372. The van der Waals surface area contributed by atoms with Gasteiger partial charge in [0.05, 0.1) is 7.11 Å². The largest absolute Gasteiger partial charge is 0.494 e. The van der Waals surface area contributed by atoms with Gasteiger partial charge in [0.1, 0.15) is 0 Å². The summed E-state index contributed by atoms with van der Waals surface area (Å²) in [6.45, 7) is 0. The lowest BCUT2D eigenvalue weighted by atomic mass is 9.98. The molecule has 0 aromatic heterocycles. The van der Waals surface area contributed by atoms with E-state index in [2.05, 4.69) is 0 Å². The SMILES string of the molecule is COc1ccc(-c2ccc(CCc3ccc(-c4cccc(F)c4F)cc3)cc2)c(F)c1F. The van der Waals surface area contributed by atoms with Gasteiger partial charge in [0.25, 0.3) is 0 Å². The zero-order valence-corrected chi connectivity index (χ0v) is 17.3. The summed E-state index contributed by atoms with van der Waals surface area (Å²) in [5.41, 5.74) is 3.70. The summed E-state index contributed by atoms with van der Waals surface area (Å²) in [6, 6.07) is 21.6. The molecule has 5 heteroatoms. The van der Waals surface area contributed by atoms with E-state index in [9.17, 15) is 17.6 Å². The lowest BCUT2D eigenvalue weighted by Gasteiger charge is -2.09. The monoisotopic (exact) mass is 436 g/mol. The Morgan fingerprint density at radius 1 is 0.562 bits per heavy atom. The van der Waals surface area contributed by atoms with Crippen LogP contribution in [0.5, 0.6) is 5.75 Å². The van der Waals surface area contributed by atoms with Crippen LogP contribution < -0.4 is 4.74 Å². The van der Waals surface area contributed by atoms with Gasteiger partial charge in [-0.1, -0.05) is 60.7 Å². The average Bonchev–Trinajstić information content (AvgIpc) is 2.82. The maximum Gasteiger partial charge on any atom is 0.201 e. The standard InChI is InChI=1S/C27H20F4O/c1-32-24-16-15-22(26(30)27(24)31)20-13-9-18(10-14-20)6-5-17-7-11-19(12-8-17)21-3-2-4-23(28)25(21)29/h2-4,7-16H,5-6H2,1H3. The third-order valence-electron chi connectivity index (χ3n) is 5.45. The number of aryl methyl sites for hydroxylation is 2. The summed E-state index contributed by atoms with van der Waals surface area (Å²) in [5, 5.41) is 0. The number of methoxy groups -OCH3 is 1. The predicted octanol–water partition coefficient (Wildman–Crippen LogP) is 7.37. The molecular weight excluding hydrogens is 416 g/mol. The van der Waals surface area contributed by atoms with E-state index in [4.69, 9.17) is 4.74 Å². The van der Waals surface area contributed by atoms with Crippen molar-refractivity contribution in [3.63, 3.8) is 0 Å². The van der Waals surface area contributed by atoms with Crippen LogP contribution in [0.25, 0.3) is 22.3 Å². The first-order chi connectivity index (χ1) is 15.5. The predicted molar refractivity (Wildman–Crippen MR) is 118 cm³/mol. The quantitative estimate of drug-likeness (QED) is 0.287. The van der Waals surface area contributed by atoms with E-state index >= 15 is 0 Å². The highest BCUT2D eigenvalue weighted by Crippen LogP contribution is 2.30. The molecule has 4 aromatic rings. The van der Waals surface area contributed by atoms with E-state index in [0.717, 1.165) is 30.0 Å². The Balaban J connectivity index is 1.44. The molecule has 4 aromatic carbocycles. The average molecular weight is 436 g/mol. The third kappa shape index (κ3) is 4.37. The number of rotatable bonds is 6. The summed E-state index contributed by atoms with van der Waals surface area (Å²) in [5.74, 6) is -3.79. The van der Waals surface area contributed by atoms with Crippen molar-refractivity contribution < 1.29 is 22.3 Å². The molecule has 162 valence electrons. The number of benzene rings is 4. The topological polar surface area (TPSA) is 9.23 Å². The zero-order chi connectivity index (χ0) is 22.7. The Morgan fingerprint density at radius 2 is 1.09 bits per heavy atom. The Bertz CT molecular complexity index is 1230. The molecule has 0 saturated heterocycles. The molecule has 0 unspecified atom stereocenters. The summed E-state index contributed by atoms with van der Waals surface area (Å²) in [7, 11) is 1.29. The van der Waals surface area contributed by atoms with Crippen LogP contribution in [-0.2, 0) is 12.8 Å². The van der Waals surface area contributed by atoms with Gasteiger partial charge < -0.3 is 4.74 Å². The molecule has 0 aliphatic heterocycles. The summed E-state index contributed by atoms with van der Waals surface area (Å²) < 4.78 is 60.5. The molecule has 0 N–H and O–H groups in total. The second-order valence-corrected chi connectivity index (χ2v) is 7.44. The highest BCUT2D eigenvalue weighted by molar-refractivity contribution is 5.66. The fourth-order valence-electron chi connectivity index (χ4n) is 3.63. The molecule has 0 fully saturated rings. The van der Waals surface area contributed by atoms with Gasteiger partial charge in [0, 0.05) is 11.1 Å². The molecule has 0 spiro atoms. The first kappa shape index (κ1) is 21.6. The normalized spacial score (nSPS) is 10.9. The van der Waals surface area contributed by atoms with Crippen LogP contribution >= 0.6 is 0 Å². The molecular formula is C27H20F4O. The van der Waals surface area contributed by atoms with Crippen molar-refractivity contribution in [2.45, 2.75) is 12.8 Å². The van der Waals surface area contributed by atoms with Gasteiger partial charge in [-0.2, -0.15) is 4.39 Å². The summed E-state index contributed by atoms with van der Waals surface area (Å²) in [4.78, 5) is 0. The number of hydrogen-bond donors (Lipinski definition) is 0. The van der Waals surface area contributed by atoms with Gasteiger partial charge in [0.15, 0.2) is 23.2 Å². The minimum atomic E-state index is -1.00. The van der Waals surface area contributed by atoms with Crippen LogP contribution in [0.3, 0.4) is 0 Å². The van der Waals surface area contributed by atoms with Gasteiger partial charge in [-0.25, -0.2) is 13.2 Å². The Morgan fingerprint density at radius 3 is 1.62 bits per heavy atom. The molecule has 0 aliphatic rings. The van der Waals surface area contributed by atoms with Gasteiger partial charge in [-0.3, -0.25) is 0 Å². The van der Waals surface area contributed by atoms with Crippen LogP contribution in [0.2, 0.25) is 0 Å². The van der Waals surface area contributed by atoms with Crippen molar-refractivity contribution in [3.05, 3.63) is 113 Å². The van der Waals surface area contributed by atoms with E-state index in [1.165, 1.54) is 25.3 Å². The van der Waals surface area contributed by atoms with Crippen LogP contribution in [-0.4, -0.2) is 7.11 Å². The Hall–Kier alpha value is -3.60. The molecule has 1 nitrogen and oxygen atoms in total. The fourth-order valence-corrected chi connectivity index (χ4v) is 3.63. The van der Waals surface area contributed by atoms with E-state index in [1.54, 1.807) is 30.3 Å². The molecule has 32 heavy (non-hydrogen) atoms. The molecule has 0 atom stereocenters. The number of hydrogen-bond acceptors (Lipinski definition) is 1. The van der Waals surface area contributed by atoms with Crippen LogP contribution in [0.4, 0.5) is 17.6 Å². The highest BCUT2D eigenvalue weighted by atomic mass is 19.2. The van der Waals surface area contributed by atoms with Crippen LogP contribution in [0.15, 0.2) is 78.9 Å². The molecule has 4 rings (SSSR count). The number of halogens is 4. The maximum atomic E-state index is 14.3. The van der Waals surface area contributed by atoms with Crippen molar-refractivity contribution >= 4 is 0 Å². The molecule has 0 bridgehead atoms. The minimum absolute atomic E-state index is 0.131. The van der Waals surface area contributed by atoms with Gasteiger partial charge in [-0.15, -0.1) is 0 Å². The van der Waals surface area contributed by atoms with E-state index in [0.29, 0.717) is 11.1 Å². The fraction of sp³-hybridized carbons (Fsp3) is 0.111. The molecule has 0 heterocycles. The summed E-state index contributed by atoms with van der Waals surface area (Å²) >= 11 is 0. The van der Waals surface area contributed by atoms with E-state index in [1.807, 2.05) is 24.3 Å². The van der Waals surface area contributed by atoms with Crippen molar-refractivity contribution in [3.8, 4) is 28.0 Å². The Kier molecular flexibility index (Phi) is 6.26. The van der Waals surface area contributed by atoms with Crippen molar-refractivity contribution in [1.29, 1.82) is 0 Å².